The smallest absolute Gasteiger partial charge is 0.0794 e. The summed E-state index contributed by atoms with van der Waals surface area (Å²) < 4.78 is 0. The Hall–Kier alpha value is -0.410. The van der Waals surface area contributed by atoms with Gasteiger partial charge in [0.2, 0.25) is 0 Å². The Morgan fingerprint density at radius 3 is 3.27 bits per heavy atom. The van der Waals surface area contributed by atoms with E-state index in [0.29, 0.717) is 5.92 Å². The predicted molar refractivity (Wildman–Crippen MR) is 47.0 cm³/mol. The summed E-state index contributed by atoms with van der Waals surface area (Å²) in [5.74, 6) is 0.676. The topological polar surface area (TPSA) is 24.9 Å². The summed E-state index contributed by atoms with van der Waals surface area (Å²) in [7, 11) is 0. The summed E-state index contributed by atoms with van der Waals surface area (Å²) in [5.41, 5.74) is 3.20. The molecule has 0 aliphatic carbocycles. The number of nitrogens with zero attached hydrogens (tertiary/aromatic N) is 1. The van der Waals surface area contributed by atoms with Crippen molar-refractivity contribution in [2.75, 3.05) is 13.1 Å². The van der Waals surface area contributed by atoms with Crippen molar-refractivity contribution in [2.24, 2.45) is 0 Å². The summed E-state index contributed by atoms with van der Waals surface area (Å²) in [4.78, 5) is 4.32. The van der Waals surface area contributed by atoms with Crippen LogP contribution in [-0.2, 0) is 0 Å². The lowest BCUT2D eigenvalue weighted by atomic mass is 9.97. The number of nitrogens with one attached hydrogen (secondary N) is 1. The molecule has 2 rings (SSSR count). The number of aromatic nitrogens is 1. The number of hydrogen-bond acceptors (Lipinski definition) is 3. The van der Waals surface area contributed by atoms with Gasteiger partial charge in [0.15, 0.2) is 0 Å². The minimum absolute atomic E-state index is 0.676. The van der Waals surface area contributed by atoms with Crippen LogP contribution < -0.4 is 5.32 Å². The van der Waals surface area contributed by atoms with E-state index in [-0.39, 0.29) is 0 Å². The van der Waals surface area contributed by atoms with Gasteiger partial charge in [-0.15, -0.1) is 11.3 Å². The van der Waals surface area contributed by atoms with Gasteiger partial charge in [0.1, 0.15) is 0 Å². The molecule has 1 fully saturated rings. The SMILES string of the molecule is c1nc(C2CCCNC2)cs1. The Kier molecular flexibility index (Phi) is 2.19. The Bertz CT molecular complexity index is 202. The van der Waals surface area contributed by atoms with E-state index in [1.165, 1.54) is 25.1 Å². The molecule has 1 aromatic rings. The van der Waals surface area contributed by atoms with Gasteiger partial charge in [-0.1, -0.05) is 0 Å². The largest absolute Gasteiger partial charge is 0.316 e. The number of piperidine rings is 1. The second-order valence-electron chi connectivity index (χ2n) is 2.96. The van der Waals surface area contributed by atoms with E-state index in [4.69, 9.17) is 0 Å². The lowest BCUT2D eigenvalue weighted by molar-refractivity contribution is 0.456. The van der Waals surface area contributed by atoms with Gasteiger partial charge in [-0.3, -0.25) is 0 Å². The molecule has 2 heterocycles. The molecule has 11 heavy (non-hydrogen) atoms. The molecule has 1 N–H and O–H groups in total. The third kappa shape index (κ3) is 1.60. The van der Waals surface area contributed by atoms with Gasteiger partial charge in [-0.2, -0.15) is 0 Å². The van der Waals surface area contributed by atoms with Crippen molar-refractivity contribution in [3.05, 3.63) is 16.6 Å². The van der Waals surface area contributed by atoms with Gasteiger partial charge < -0.3 is 5.32 Å². The first kappa shape index (κ1) is 7.25. The first-order valence-corrected chi connectivity index (χ1v) is 5.00. The minimum atomic E-state index is 0.676. The zero-order valence-corrected chi connectivity index (χ0v) is 7.23. The van der Waals surface area contributed by atoms with E-state index < -0.39 is 0 Å². The molecule has 0 amide bonds. The van der Waals surface area contributed by atoms with Crippen LogP contribution in [0, 0.1) is 0 Å². The number of hydrogen-bond donors (Lipinski definition) is 1. The summed E-state index contributed by atoms with van der Waals surface area (Å²) in [6, 6.07) is 0. The van der Waals surface area contributed by atoms with Crippen molar-refractivity contribution < 1.29 is 0 Å². The van der Waals surface area contributed by atoms with Crippen LogP contribution in [0.25, 0.3) is 0 Å². The highest BCUT2D eigenvalue weighted by Gasteiger charge is 2.15. The minimum Gasteiger partial charge on any atom is -0.316 e. The lowest BCUT2D eigenvalue weighted by Gasteiger charge is -2.20. The maximum atomic E-state index is 4.32. The zero-order valence-electron chi connectivity index (χ0n) is 6.42. The summed E-state index contributed by atoms with van der Waals surface area (Å²) in [5, 5.41) is 5.55. The zero-order chi connectivity index (χ0) is 7.52. The van der Waals surface area contributed by atoms with Crippen molar-refractivity contribution >= 4 is 11.3 Å². The van der Waals surface area contributed by atoms with Crippen LogP contribution >= 0.6 is 11.3 Å². The number of rotatable bonds is 1. The highest BCUT2D eigenvalue weighted by atomic mass is 32.1. The van der Waals surface area contributed by atoms with E-state index in [9.17, 15) is 0 Å². The molecular formula is C8H12N2S. The van der Waals surface area contributed by atoms with Crippen molar-refractivity contribution in [1.82, 2.24) is 10.3 Å². The first-order valence-electron chi connectivity index (χ1n) is 4.05. The standard InChI is InChI=1S/C8H12N2S/c1-2-7(4-9-3-1)8-5-11-6-10-8/h5-7,9H,1-4H2. The monoisotopic (exact) mass is 168 g/mol. The van der Waals surface area contributed by atoms with Crippen molar-refractivity contribution in [2.45, 2.75) is 18.8 Å². The van der Waals surface area contributed by atoms with Gasteiger partial charge in [-0.25, -0.2) is 4.98 Å². The van der Waals surface area contributed by atoms with Gasteiger partial charge in [0.05, 0.1) is 11.2 Å². The molecule has 1 saturated heterocycles. The van der Waals surface area contributed by atoms with Gasteiger partial charge in [0, 0.05) is 17.8 Å². The molecule has 0 aromatic carbocycles. The van der Waals surface area contributed by atoms with Gasteiger partial charge >= 0.3 is 0 Å². The van der Waals surface area contributed by atoms with E-state index in [0.717, 1.165) is 6.54 Å². The van der Waals surface area contributed by atoms with E-state index in [1.807, 2.05) is 5.51 Å². The quantitative estimate of drug-likeness (QED) is 0.689. The predicted octanol–water partition coefficient (Wildman–Crippen LogP) is 1.61. The second-order valence-corrected chi connectivity index (χ2v) is 3.68. The molecule has 1 aliphatic heterocycles. The second kappa shape index (κ2) is 3.32. The van der Waals surface area contributed by atoms with Crippen molar-refractivity contribution in [3.63, 3.8) is 0 Å². The molecule has 0 radical (unpaired) electrons. The molecule has 60 valence electrons. The molecule has 0 saturated carbocycles. The first-order chi connectivity index (χ1) is 5.47. The Morgan fingerprint density at radius 1 is 1.64 bits per heavy atom. The van der Waals surface area contributed by atoms with Crippen LogP contribution in [0.15, 0.2) is 10.9 Å². The van der Waals surface area contributed by atoms with Crippen molar-refractivity contribution in [1.29, 1.82) is 0 Å². The molecule has 1 aliphatic rings. The molecule has 2 nitrogen and oxygen atoms in total. The third-order valence-electron chi connectivity index (χ3n) is 2.17. The molecule has 0 spiro atoms. The molecule has 1 aromatic heterocycles. The average Bonchev–Trinajstić information content (AvgIpc) is 2.58. The highest BCUT2D eigenvalue weighted by molar-refractivity contribution is 7.07. The summed E-state index contributed by atoms with van der Waals surface area (Å²) in [6.45, 7) is 2.30. The fourth-order valence-electron chi connectivity index (χ4n) is 1.53. The van der Waals surface area contributed by atoms with Gasteiger partial charge in [0.25, 0.3) is 0 Å². The summed E-state index contributed by atoms with van der Waals surface area (Å²) in [6.07, 6.45) is 2.60. The van der Waals surface area contributed by atoms with Crippen LogP contribution in [-0.4, -0.2) is 18.1 Å². The number of thiazole rings is 1. The van der Waals surface area contributed by atoms with Crippen LogP contribution in [0.3, 0.4) is 0 Å². The Morgan fingerprint density at radius 2 is 2.64 bits per heavy atom. The molecular weight excluding hydrogens is 156 g/mol. The van der Waals surface area contributed by atoms with Crippen molar-refractivity contribution in [3.8, 4) is 0 Å². The summed E-state index contributed by atoms with van der Waals surface area (Å²) >= 11 is 1.69. The third-order valence-corrected chi connectivity index (χ3v) is 2.77. The lowest BCUT2D eigenvalue weighted by Crippen LogP contribution is -2.28. The fraction of sp³-hybridized carbons (Fsp3) is 0.625. The fourth-order valence-corrected chi connectivity index (χ4v) is 2.16. The molecule has 1 atom stereocenters. The molecule has 0 bridgehead atoms. The average molecular weight is 168 g/mol. The molecule has 3 heteroatoms. The van der Waals surface area contributed by atoms with Gasteiger partial charge in [-0.05, 0) is 19.4 Å². The van der Waals surface area contributed by atoms with E-state index in [2.05, 4.69) is 15.7 Å². The van der Waals surface area contributed by atoms with Crippen LogP contribution in [0.2, 0.25) is 0 Å². The van der Waals surface area contributed by atoms with Crippen LogP contribution in [0.1, 0.15) is 24.5 Å². The van der Waals surface area contributed by atoms with E-state index >= 15 is 0 Å². The van der Waals surface area contributed by atoms with E-state index in [1.54, 1.807) is 11.3 Å². The van der Waals surface area contributed by atoms with Crippen LogP contribution in [0.5, 0.6) is 0 Å². The normalized spacial score (nSPS) is 25.3. The molecule has 1 unspecified atom stereocenters. The highest BCUT2D eigenvalue weighted by Crippen LogP contribution is 2.22. The Labute approximate surface area is 70.7 Å². The van der Waals surface area contributed by atoms with Crippen LogP contribution in [0.4, 0.5) is 0 Å². The maximum Gasteiger partial charge on any atom is 0.0794 e. The maximum absolute atomic E-state index is 4.32. The Balaban J connectivity index is 2.04.